The maximum atomic E-state index is 12.9. The molecule has 0 radical (unpaired) electrons. The summed E-state index contributed by atoms with van der Waals surface area (Å²) in [5, 5.41) is 2.94. The van der Waals surface area contributed by atoms with Gasteiger partial charge in [0.05, 0.1) is 19.8 Å². The van der Waals surface area contributed by atoms with Gasteiger partial charge in [0.25, 0.3) is 5.91 Å². The lowest BCUT2D eigenvalue weighted by Crippen LogP contribution is -2.36. The van der Waals surface area contributed by atoms with Crippen LogP contribution in [0.5, 0.6) is 0 Å². The van der Waals surface area contributed by atoms with Crippen LogP contribution in [0.2, 0.25) is 0 Å². The summed E-state index contributed by atoms with van der Waals surface area (Å²) in [7, 11) is 0. The van der Waals surface area contributed by atoms with E-state index in [1.54, 1.807) is 31.2 Å². The van der Waals surface area contributed by atoms with Gasteiger partial charge in [0.1, 0.15) is 5.76 Å². The smallest absolute Gasteiger partial charge is 0.374 e. The van der Waals surface area contributed by atoms with Crippen molar-refractivity contribution < 1.29 is 23.5 Å². The van der Waals surface area contributed by atoms with Gasteiger partial charge in [-0.15, -0.1) is 0 Å². The van der Waals surface area contributed by atoms with Gasteiger partial charge in [-0.05, 0) is 67.9 Å². The Kier molecular flexibility index (Phi) is 6.56. The molecule has 7 nitrogen and oxygen atoms in total. The fourth-order valence-corrected chi connectivity index (χ4v) is 3.60. The predicted octanol–water partition coefficient (Wildman–Crippen LogP) is 4.52. The Labute approximate surface area is 186 Å². The van der Waals surface area contributed by atoms with E-state index in [1.807, 2.05) is 37.3 Å². The molecule has 0 aliphatic carbocycles. The first-order valence-electron chi connectivity index (χ1n) is 10.7. The fraction of sp³-hybridized carbons (Fsp3) is 0.280. The number of anilines is 2. The van der Waals surface area contributed by atoms with Gasteiger partial charge in [-0.25, -0.2) is 4.79 Å². The van der Waals surface area contributed by atoms with Crippen LogP contribution in [0.15, 0.2) is 59.0 Å². The van der Waals surface area contributed by atoms with Gasteiger partial charge in [0.15, 0.2) is 0 Å². The van der Waals surface area contributed by atoms with Crippen LogP contribution in [0.4, 0.5) is 11.4 Å². The number of aryl methyl sites for hydroxylation is 1. The zero-order chi connectivity index (χ0) is 22.5. The molecule has 0 spiro atoms. The van der Waals surface area contributed by atoms with Gasteiger partial charge < -0.3 is 24.1 Å². The number of carbonyl (C=O) groups is 2. The maximum absolute atomic E-state index is 12.9. The maximum Gasteiger partial charge on any atom is 0.374 e. The monoisotopic (exact) mass is 434 g/mol. The number of carbonyl (C=O) groups excluding carboxylic acids is 2. The zero-order valence-electron chi connectivity index (χ0n) is 18.2. The van der Waals surface area contributed by atoms with Crippen LogP contribution in [-0.2, 0) is 9.47 Å². The van der Waals surface area contributed by atoms with E-state index < -0.39 is 5.97 Å². The van der Waals surface area contributed by atoms with Crippen molar-refractivity contribution >= 4 is 23.3 Å². The van der Waals surface area contributed by atoms with Crippen LogP contribution < -0.4 is 10.2 Å². The van der Waals surface area contributed by atoms with E-state index in [-0.39, 0.29) is 18.3 Å². The Morgan fingerprint density at radius 2 is 1.78 bits per heavy atom. The van der Waals surface area contributed by atoms with E-state index in [4.69, 9.17) is 13.9 Å². The number of esters is 1. The van der Waals surface area contributed by atoms with Crippen LogP contribution in [-0.4, -0.2) is 44.8 Å². The molecule has 1 fully saturated rings. The number of morpholine rings is 1. The zero-order valence-corrected chi connectivity index (χ0v) is 18.2. The molecule has 4 rings (SSSR count). The van der Waals surface area contributed by atoms with E-state index in [9.17, 15) is 9.59 Å². The minimum atomic E-state index is -0.508. The number of benzene rings is 2. The van der Waals surface area contributed by atoms with E-state index >= 15 is 0 Å². The summed E-state index contributed by atoms with van der Waals surface area (Å²) in [4.78, 5) is 27.0. The third-order valence-corrected chi connectivity index (χ3v) is 5.35. The number of hydrogen-bond donors (Lipinski definition) is 1. The molecular weight excluding hydrogens is 408 g/mol. The number of rotatable bonds is 6. The van der Waals surface area contributed by atoms with Crippen molar-refractivity contribution in [3.8, 4) is 11.3 Å². The summed E-state index contributed by atoms with van der Waals surface area (Å²) >= 11 is 0. The Hall–Kier alpha value is -3.58. The first-order valence-corrected chi connectivity index (χ1v) is 10.7. The molecule has 1 aromatic heterocycles. The minimum Gasteiger partial charge on any atom is -0.460 e. The van der Waals surface area contributed by atoms with Crippen molar-refractivity contribution in [2.45, 2.75) is 13.8 Å². The Balaban J connectivity index is 1.48. The van der Waals surface area contributed by atoms with Gasteiger partial charge >= 0.3 is 5.97 Å². The quantitative estimate of drug-likeness (QED) is 0.575. The molecule has 1 saturated heterocycles. The summed E-state index contributed by atoms with van der Waals surface area (Å²) < 4.78 is 16.0. The van der Waals surface area contributed by atoms with Crippen molar-refractivity contribution in [3.63, 3.8) is 0 Å². The molecule has 1 aliphatic rings. The average Bonchev–Trinajstić information content (AvgIpc) is 3.31. The summed E-state index contributed by atoms with van der Waals surface area (Å²) in [5.41, 5.74) is 4.00. The molecule has 1 aliphatic heterocycles. The molecule has 2 heterocycles. The largest absolute Gasteiger partial charge is 0.460 e. The normalized spacial score (nSPS) is 13.6. The van der Waals surface area contributed by atoms with Gasteiger partial charge in [-0.3, -0.25) is 4.79 Å². The van der Waals surface area contributed by atoms with Crippen molar-refractivity contribution in [2.24, 2.45) is 0 Å². The Morgan fingerprint density at radius 3 is 2.50 bits per heavy atom. The standard InChI is InChI=1S/C25H26N2O5/c1-3-31-25(29)23-11-10-22(32-23)21-16-18(5-4-17(21)2)24(28)26-19-6-8-20(9-7-19)27-12-14-30-15-13-27/h4-11,16H,3,12-15H2,1-2H3,(H,26,28). The Bertz CT molecular complexity index is 1100. The summed E-state index contributed by atoms with van der Waals surface area (Å²) in [6.45, 7) is 7.12. The first-order chi connectivity index (χ1) is 15.5. The van der Waals surface area contributed by atoms with Crippen LogP contribution in [0, 0.1) is 6.92 Å². The molecule has 1 amide bonds. The lowest BCUT2D eigenvalue weighted by molar-refractivity contribution is 0.0491. The van der Waals surface area contributed by atoms with Crippen molar-refractivity contribution in [2.75, 3.05) is 43.1 Å². The highest BCUT2D eigenvalue weighted by molar-refractivity contribution is 6.05. The fourth-order valence-electron chi connectivity index (χ4n) is 3.60. The molecule has 166 valence electrons. The average molecular weight is 434 g/mol. The van der Waals surface area contributed by atoms with Crippen molar-refractivity contribution in [3.05, 3.63) is 71.5 Å². The molecule has 0 saturated carbocycles. The molecule has 7 heteroatoms. The SMILES string of the molecule is CCOC(=O)c1ccc(-c2cc(C(=O)Nc3ccc(N4CCOCC4)cc3)ccc2C)o1. The number of ether oxygens (including phenoxy) is 2. The molecule has 0 bridgehead atoms. The molecule has 3 aromatic rings. The third kappa shape index (κ3) is 4.84. The van der Waals surface area contributed by atoms with Crippen molar-refractivity contribution in [1.29, 1.82) is 0 Å². The highest BCUT2D eigenvalue weighted by Crippen LogP contribution is 2.28. The molecule has 2 aromatic carbocycles. The van der Waals surface area contributed by atoms with Crippen LogP contribution in [0.25, 0.3) is 11.3 Å². The highest BCUT2D eigenvalue weighted by Gasteiger charge is 2.16. The Morgan fingerprint density at radius 1 is 1.03 bits per heavy atom. The first kappa shape index (κ1) is 21.6. The van der Waals surface area contributed by atoms with Gasteiger partial charge in [-0.1, -0.05) is 6.07 Å². The van der Waals surface area contributed by atoms with Gasteiger partial charge in [0, 0.05) is 35.6 Å². The lowest BCUT2D eigenvalue weighted by Gasteiger charge is -2.28. The summed E-state index contributed by atoms with van der Waals surface area (Å²) in [6.07, 6.45) is 0. The van der Waals surface area contributed by atoms with Crippen LogP contribution in [0.1, 0.15) is 33.4 Å². The summed E-state index contributed by atoms with van der Waals surface area (Å²) in [5.74, 6) is -0.0834. The molecule has 0 atom stereocenters. The number of hydrogen-bond acceptors (Lipinski definition) is 6. The second kappa shape index (κ2) is 9.70. The van der Waals surface area contributed by atoms with E-state index in [1.165, 1.54) is 0 Å². The second-order valence-corrected chi connectivity index (χ2v) is 7.51. The minimum absolute atomic E-state index is 0.136. The lowest BCUT2D eigenvalue weighted by atomic mass is 10.0. The number of nitrogens with zero attached hydrogens (tertiary/aromatic N) is 1. The predicted molar refractivity (Wildman–Crippen MR) is 122 cm³/mol. The molecule has 32 heavy (non-hydrogen) atoms. The van der Waals surface area contributed by atoms with Gasteiger partial charge in [0.2, 0.25) is 5.76 Å². The molecule has 1 N–H and O–H groups in total. The van der Waals surface area contributed by atoms with E-state index in [0.717, 1.165) is 48.8 Å². The van der Waals surface area contributed by atoms with Crippen molar-refractivity contribution in [1.82, 2.24) is 0 Å². The second-order valence-electron chi connectivity index (χ2n) is 7.51. The number of furan rings is 1. The molecule has 0 unspecified atom stereocenters. The molecular formula is C25H26N2O5. The van der Waals surface area contributed by atoms with Gasteiger partial charge in [-0.2, -0.15) is 0 Å². The highest BCUT2D eigenvalue weighted by atomic mass is 16.5. The topological polar surface area (TPSA) is 81.0 Å². The van der Waals surface area contributed by atoms with E-state index in [0.29, 0.717) is 11.3 Å². The third-order valence-electron chi connectivity index (χ3n) is 5.35. The van der Waals surface area contributed by atoms with E-state index in [2.05, 4.69) is 10.2 Å². The number of nitrogens with one attached hydrogen (secondary N) is 1. The van der Waals surface area contributed by atoms with Crippen LogP contribution >= 0.6 is 0 Å². The summed E-state index contributed by atoms with van der Waals surface area (Å²) in [6, 6.07) is 16.5. The number of amides is 1. The van der Waals surface area contributed by atoms with Crippen LogP contribution in [0.3, 0.4) is 0 Å².